The van der Waals surface area contributed by atoms with Crippen molar-refractivity contribution >= 4 is 16.7 Å². The Morgan fingerprint density at radius 2 is 2.09 bits per heavy atom. The number of aryl methyl sites for hydroxylation is 2. The molecule has 1 aromatic carbocycles. The van der Waals surface area contributed by atoms with E-state index in [0.717, 1.165) is 41.4 Å². The molecule has 4 rings (SSSR count). The van der Waals surface area contributed by atoms with Crippen molar-refractivity contribution < 1.29 is 4.79 Å². The van der Waals surface area contributed by atoms with Gasteiger partial charge in [-0.15, -0.1) is 0 Å². The lowest BCUT2D eigenvalue weighted by molar-refractivity contribution is 0.0901. The number of imidazole rings is 1. The molecule has 2 aromatic heterocycles. The van der Waals surface area contributed by atoms with Crippen LogP contribution in [-0.4, -0.2) is 19.9 Å². The van der Waals surface area contributed by atoms with Crippen molar-refractivity contribution in [3.8, 4) is 0 Å². The third-order valence-corrected chi connectivity index (χ3v) is 4.95. The van der Waals surface area contributed by atoms with Gasteiger partial charge in [0.1, 0.15) is 0 Å². The van der Waals surface area contributed by atoms with E-state index in [9.17, 15) is 4.79 Å². The molecule has 22 heavy (non-hydrogen) atoms. The highest BCUT2D eigenvalue weighted by Gasteiger charge is 2.32. The van der Waals surface area contributed by atoms with E-state index in [-0.39, 0.29) is 5.92 Å². The van der Waals surface area contributed by atoms with Crippen LogP contribution >= 0.6 is 0 Å². The molecule has 0 aliphatic heterocycles. The van der Waals surface area contributed by atoms with Gasteiger partial charge in [-0.25, -0.2) is 4.98 Å². The quantitative estimate of drug-likeness (QED) is 0.729. The first-order valence-electron chi connectivity index (χ1n) is 7.72. The minimum absolute atomic E-state index is 0.0636. The summed E-state index contributed by atoms with van der Waals surface area (Å²) in [4.78, 5) is 17.2. The van der Waals surface area contributed by atoms with Crippen LogP contribution in [0.15, 0.2) is 36.8 Å². The fraction of sp³-hybridized carbons (Fsp3) is 0.333. The predicted octanol–water partition coefficient (Wildman–Crippen LogP) is 2.90. The van der Waals surface area contributed by atoms with Crippen LogP contribution in [0.25, 0.3) is 10.9 Å². The molecule has 1 unspecified atom stereocenters. The smallest absolute Gasteiger partial charge is 0.168 e. The molecular formula is C18H19N3O. The SMILES string of the molecule is Cn1cncc1CC1CCc2c(c3ccccc3n2C)C1=O. The third-order valence-electron chi connectivity index (χ3n) is 4.95. The van der Waals surface area contributed by atoms with E-state index in [4.69, 9.17) is 0 Å². The van der Waals surface area contributed by atoms with Gasteiger partial charge < -0.3 is 9.13 Å². The molecule has 112 valence electrons. The highest BCUT2D eigenvalue weighted by atomic mass is 16.1. The van der Waals surface area contributed by atoms with Gasteiger partial charge in [0.05, 0.1) is 6.33 Å². The van der Waals surface area contributed by atoms with Crippen LogP contribution in [0.2, 0.25) is 0 Å². The molecular weight excluding hydrogens is 274 g/mol. The van der Waals surface area contributed by atoms with E-state index < -0.39 is 0 Å². The largest absolute Gasteiger partial charge is 0.347 e. The van der Waals surface area contributed by atoms with Gasteiger partial charge in [0.25, 0.3) is 0 Å². The number of para-hydroxylation sites is 1. The Morgan fingerprint density at radius 1 is 1.27 bits per heavy atom. The summed E-state index contributed by atoms with van der Waals surface area (Å²) in [6.45, 7) is 0. The van der Waals surface area contributed by atoms with Gasteiger partial charge in [-0.3, -0.25) is 4.79 Å². The topological polar surface area (TPSA) is 39.8 Å². The summed E-state index contributed by atoms with van der Waals surface area (Å²) >= 11 is 0. The van der Waals surface area contributed by atoms with Crippen molar-refractivity contribution in [2.45, 2.75) is 19.3 Å². The molecule has 2 heterocycles. The number of hydrogen-bond acceptors (Lipinski definition) is 2. The lowest BCUT2D eigenvalue weighted by Gasteiger charge is -2.22. The zero-order valence-corrected chi connectivity index (χ0v) is 12.9. The first-order chi connectivity index (χ1) is 10.7. The van der Waals surface area contributed by atoms with Crippen LogP contribution in [0.3, 0.4) is 0 Å². The van der Waals surface area contributed by atoms with Crippen LogP contribution < -0.4 is 0 Å². The van der Waals surface area contributed by atoms with Crippen molar-refractivity contribution in [1.82, 2.24) is 14.1 Å². The fourth-order valence-corrected chi connectivity index (χ4v) is 3.69. The number of ketones is 1. The van der Waals surface area contributed by atoms with Crippen molar-refractivity contribution in [2.75, 3.05) is 0 Å². The van der Waals surface area contributed by atoms with E-state index in [1.54, 1.807) is 6.33 Å². The van der Waals surface area contributed by atoms with E-state index in [1.165, 1.54) is 5.69 Å². The van der Waals surface area contributed by atoms with E-state index in [0.29, 0.717) is 5.78 Å². The monoisotopic (exact) mass is 293 g/mol. The Hall–Kier alpha value is -2.36. The average Bonchev–Trinajstić information content (AvgIpc) is 3.05. The maximum Gasteiger partial charge on any atom is 0.168 e. The highest BCUT2D eigenvalue weighted by molar-refractivity contribution is 6.11. The predicted molar refractivity (Wildman–Crippen MR) is 86.0 cm³/mol. The number of Topliss-reactive ketones (excluding diaryl/α,β-unsaturated/α-hetero) is 1. The van der Waals surface area contributed by atoms with Crippen molar-refractivity contribution in [3.05, 3.63) is 53.7 Å². The average molecular weight is 293 g/mol. The maximum atomic E-state index is 13.0. The Kier molecular flexibility index (Phi) is 2.93. The first kappa shape index (κ1) is 13.3. The Balaban J connectivity index is 1.77. The molecule has 0 amide bonds. The molecule has 0 saturated carbocycles. The molecule has 0 fully saturated rings. The number of hydrogen-bond donors (Lipinski definition) is 0. The number of fused-ring (bicyclic) bond motifs is 3. The van der Waals surface area contributed by atoms with Crippen LogP contribution in [0.1, 0.15) is 28.2 Å². The fourth-order valence-electron chi connectivity index (χ4n) is 3.69. The van der Waals surface area contributed by atoms with Gasteiger partial charge in [0.2, 0.25) is 0 Å². The molecule has 1 atom stereocenters. The molecule has 4 heteroatoms. The Bertz CT molecular complexity index is 872. The van der Waals surface area contributed by atoms with Crippen molar-refractivity contribution in [1.29, 1.82) is 0 Å². The Labute approximate surface area is 129 Å². The summed E-state index contributed by atoms with van der Waals surface area (Å²) in [7, 11) is 4.05. The van der Waals surface area contributed by atoms with Gasteiger partial charge in [-0.05, 0) is 25.3 Å². The van der Waals surface area contributed by atoms with E-state index >= 15 is 0 Å². The van der Waals surface area contributed by atoms with Crippen LogP contribution in [0.5, 0.6) is 0 Å². The second-order valence-electron chi connectivity index (χ2n) is 6.20. The summed E-state index contributed by atoms with van der Waals surface area (Å²) in [6.07, 6.45) is 6.33. The molecule has 0 N–H and O–H groups in total. The number of nitrogens with zero attached hydrogens (tertiary/aromatic N) is 3. The van der Waals surface area contributed by atoms with Crippen LogP contribution in [0, 0.1) is 5.92 Å². The summed E-state index contributed by atoms with van der Waals surface area (Å²) < 4.78 is 4.19. The zero-order valence-electron chi connectivity index (χ0n) is 12.9. The number of rotatable bonds is 2. The van der Waals surface area contributed by atoms with Gasteiger partial charge in [0, 0.05) is 54.1 Å². The van der Waals surface area contributed by atoms with Gasteiger partial charge >= 0.3 is 0 Å². The van der Waals surface area contributed by atoms with Gasteiger partial charge in [-0.2, -0.15) is 0 Å². The molecule has 3 aromatic rings. The number of benzene rings is 1. The summed E-state index contributed by atoms with van der Waals surface area (Å²) in [5.41, 5.74) is 4.41. The van der Waals surface area contributed by atoms with Crippen molar-refractivity contribution in [2.24, 2.45) is 20.0 Å². The normalized spacial score (nSPS) is 17.9. The van der Waals surface area contributed by atoms with Crippen molar-refractivity contribution in [3.63, 3.8) is 0 Å². The first-order valence-corrected chi connectivity index (χ1v) is 7.72. The second-order valence-corrected chi connectivity index (χ2v) is 6.20. The Morgan fingerprint density at radius 3 is 2.86 bits per heavy atom. The molecule has 0 spiro atoms. The van der Waals surface area contributed by atoms with E-state index in [1.807, 2.05) is 29.9 Å². The molecule has 4 nitrogen and oxygen atoms in total. The number of aromatic nitrogens is 3. The van der Waals surface area contributed by atoms with Crippen LogP contribution in [-0.2, 0) is 26.9 Å². The minimum atomic E-state index is 0.0636. The standard InChI is InChI=1S/C18H19N3O/c1-20-11-19-10-13(20)9-12-7-8-16-17(18(12)22)14-5-3-4-6-15(14)21(16)2/h3-6,10-12H,7-9H2,1-2H3. The van der Waals surface area contributed by atoms with E-state index in [2.05, 4.69) is 28.7 Å². The van der Waals surface area contributed by atoms with Gasteiger partial charge in [-0.1, -0.05) is 18.2 Å². The maximum absolute atomic E-state index is 13.0. The summed E-state index contributed by atoms with van der Waals surface area (Å²) in [5, 5.41) is 1.10. The number of carbonyl (C=O) groups is 1. The minimum Gasteiger partial charge on any atom is -0.347 e. The van der Waals surface area contributed by atoms with Crippen LogP contribution in [0.4, 0.5) is 0 Å². The zero-order chi connectivity index (χ0) is 15.3. The molecule has 0 saturated heterocycles. The summed E-state index contributed by atoms with van der Waals surface area (Å²) in [6, 6.07) is 8.21. The lowest BCUT2D eigenvalue weighted by atomic mass is 9.82. The molecule has 0 bridgehead atoms. The molecule has 1 aliphatic carbocycles. The second kappa shape index (κ2) is 4.83. The number of carbonyl (C=O) groups excluding carboxylic acids is 1. The molecule has 1 aliphatic rings. The lowest BCUT2D eigenvalue weighted by Crippen LogP contribution is -2.25. The summed E-state index contributed by atoms with van der Waals surface area (Å²) in [5.74, 6) is 0.355. The third kappa shape index (κ3) is 1.83. The molecule has 0 radical (unpaired) electrons. The van der Waals surface area contributed by atoms with Gasteiger partial charge in [0.15, 0.2) is 5.78 Å². The highest BCUT2D eigenvalue weighted by Crippen LogP contribution is 2.34.